The fourth-order valence-electron chi connectivity index (χ4n) is 0. The summed E-state index contributed by atoms with van der Waals surface area (Å²) in [6, 6.07) is 0. The maximum absolute atomic E-state index is 8.59. The molecule has 3 nitrogen and oxygen atoms in total. The van der Waals surface area contributed by atoms with E-state index >= 15 is 0 Å². The van der Waals surface area contributed by atoms with Crippen molar-refractivity contribution in [2.75, 3.05) is 0 Å². The third-order valence-electron chi connectivity index (χ3n) is 0. The SMILES string of the molecule is [O][Te](=O)[O-]. The Balaban J connectivity index is 2.80. The molecule has 0 aliphatic carbocycles. The third-order valence-corrected chi connectivity index (χ3v) is 0. The van der Waals surface area contributed by atoms with Crippen molar-refractivity contribution in [1.29, 1.82) is 0 Å². The molecule has 0 aliphatic rings. The molecule has 0 bridgehead atoms. The van der Waals surface area contributed by atoms with Gasteiger partial charge in [-0.1, -0.05) is 0 Å². The molecule has 4 heavy (non-hydrogen) atoms. The second kappa shape index (κ2) is 1.79. The first kappa shape index (κ1) is 4.51. The van der Waals surface area contributed by atoms with Crippen molar-refractivity contribution in [1.82, 2.24) is 0 Å². The molecule has 0 atom stereocenters. The van der Waals surface area contributed by atoms with Gasteiger partial charge in [0.25, 0.3) is 0 Å². The van der Waals surface area contributed by atoms with Crippen LogP contribution in [0.3, 0.4) is 0 Å². The summed E-state index contributed by atoms with van der Waals surface area (Å²) < 4.78 is 25.8. The molecule has 0 aliphatic heterocycles. The molecule has 0 fully saturated rings. The van der Waals surface area contributed by atoms with E-state index in [9.17, 15) is 0 Å². The monoisotopic (exact) mass is 178 g/mol. The summed E-state index contributed by atoms with van der Waals surface area (Å²) in [7, 11) is 0. The second-order valence-electron chi connectivity index (χ2n) is 0.204. The van der Waals surface area contributed by atoms with Gasteiger partial charge in [-0.05, 0) is 0 Å². The zero-order valence-corrected chi connectivity index (χ0v) is 3.96. The first-order valence-corrected chi connectivity index (χ1v) is 3.35. The van der Waals surface area contributed by atoms with E-state index in [1.54, 1.807) is 0 Å². The summed E-state index contributed by atoms with van der Waals surface area (Å²) in [5, 5.41) is 0. The molecule has 0 amide bonds. The Morgan fingerprint density at radius 2 is 1.75 bits per heavy atom. The van der Waals surface area contributed by atoms with Gasteiger partial charge in [0.1, 0.15) is 0 Å². The zero-order chi connectivity index (χ0) is 3.58. The summed E-state index contributed by atoms with van der Waals surface area (Å²) >= 11 is -4.11. The summed E-state index contributed by atoms with van der Waals surface area (Å²) in [4.78, 5) is 0. The van der Waals surface area contributed by atoms with Gasteiger partial charge in [-0.3, -0.25) is 0 Å². The van der Waals surface area contributed by atoms with Gasteiger partial charge in [-0.15, -0.1) is 0 Å². The number of hydrogen-bond acceptors (Lipinski definition) is 2. The van der Waals surface area contributed by atoms with Crippen LogP contribution in [0.15, 0.2) is 0 Å². The Bertz CT molecular complexity index is 26.3. The van der Waals surface area contributed by atoms with Gasteiger partial charge >= 0.3 is 30.4 Å². The molecule has 4 heteroatoms. The molecule has 0 saturated heterocycles. The molecule has 0 spiro atoms. The summed E-state index contributed by atoms with van der Waals surface area (Å²) in [6.07, 6.45) is 0. The van der Waals surface area contributed by atoms with E-state index in [1.807, 2.05) is 0 Å². The number of hydrogen-bond donors (Lipinski definition) is 0. The van der Waals surface area contributed by atoms with E-state index in [-0.39, 0.29) is 0 Å². The molecule has 0 heterocycles. The minimum absolute atomic E-state index is 4.11. The molecule has 1 radical (unpaired) electrons. The molecular weight excluding hydrogens is 176 g/mol. The van der Waals surface area contributed by atoms with Gasteiger partial charge < -0.3 is 0 Å². The van der Waals surface area contributed by atoms with Crippen molar-refractivity contribution in [3.63, 3.8) is 0 Å². The predicted octanol–water partition coefficient (Wildman–Crippen LogP) is -1.81. The topological polar surface area (TPSA) is 60.0 Å². The predicted molar refractivity (Wildman–Crippen MR) is 7.13 cm³/mol. The van der Waals surface area contributed by atoms with E-state index in [1.165, 1.54) is 0 Å². The Kier molecular flexibility index (Phi) is 2.02. The van der Waals surface area contributed by atoms with Gasteiger partial charge in [0.2, 0.25) is 0 Å². The van der Waals surface area contributed by atoms with Crippen LogP contribution in [0.25, 0.3) is 0 Å². The van der Waals surface area contributed by atoms with Crippen LogP contribution >= 0.6 is 0 Å². The normalized spacial score (nSPS) is 8.75. The van der Waals surface area contributed by atoms with Crippen LogP contribution < -0.4 is 3.47 Å². The first-order valence-electron chi connectivity index (χ1n) is 0.500. The summed E-state index contributed by atoms with van der Waals surface area (Å²) in [5.74, 6) is 0. The van der Waals surface area contributed by atoms with Crippen molar-refractivity contribution >= 4 is 20.4 Å². The molecular formula is O3Te-. The van der Waals surface area contributed by atoms with E-state index in [0.29, 0.717) is 0 Å². The Labute approximate surface area is 31.0 Å². The van der Waals surface area contributed by atoms with Crippen molar-refractivity contribution in [2.24, 2.45) is 0 Å². The number of rotatable bonds is 0. The second-order valence-corrected chi connectivity index (χ2v) is 1.37. The average Bonchev–Trinajstić information content (AvgIpc) is 0.811. The molecule has 0 N–H and O–H groups in total. The fraction of sp³-hybridized carbons (Fsp3) is 0. The van der Waals surface area contributed by atoms with Crippen molar-refractivity contribution in [3.8, 4) is 0 Å². The van der Waals surface area contributed by atoms with Crippen LogP contribution in [0.4, 0.5) is 0 Å². The maximum atomic E-state index is 8.59. The van der Waals surface area contributed by atoms with E-state index in [4.69, 9.17) is 10.0 Å². The molecule has 0 aromatic rings. The van der Waals surface area contributed by atoms with Crippen molar-refractivity contribution in [3.05, 3.63) is 0 Å². The Hall–Kier alpha value is 0.510. The molecule has 0 aromatic carbocycles. The first-order chi connectivity index (χ1) is 1.73. The van der Waals surface area contributed by atoms with E-state index < -0.39 is 20.4 Å². The third kappa shape index (κ3) is 22.0. The molecule has 0 saturated carbocycles. The van der Waals surface area contributed by atoms with Gasteiger partial charge in [0.05, 0.1) is 0 Å². The van der Waals surface area contributed by atoms with E-state index in [2.05, 4.69) is 0 Å². The average molecular weight is 176 g/mol. The van der Waals surface area contributed by atoms with Gasteiger partial charge in [0, 0.05) is 0 Å². The van der Waals surface area contributed by atoms with Crippen LogP contribution in [0, 0.1) is 0 Å². The van der Waals surface area contributed by atoms with Gasteiger partial charge in [0.15, 0.2) is 0 Å². The minimum atomic E-state index is -4.11. The quantitative estimate of drug-likeness (QED) is 0.408. The summed E-state index contributed by atoms with van der Waals surface area (Å²) in [6.45, 7) is 0. The van der Waals surface area contributed by atoms with Gasteiger partial charge in [-0.25, -0.2) is 0 Å². The van der Waals surface area contributed by atoms with Crippen LogP contribution in [0.5, 0.6) is 0 Å². The standard InChI is InChI=1S/HO3Te/c1-4(2)3/h(H,1,2)/p-1. The van der Waals surface area contributed by atoms with Crippen LogP contribution in [-0.2, 0) is 6.58 Å². The fourth-order valence-corrected chi connectivity index (χ4v) is 0. The van der Waals surface area contributed by atoms with Crippen LogP contribution in [0.2, 0.25) is 0 Å². The van der Waals surface area contributed by atoms with Crippen molar-refractivity contribution < 1.29 is 10.0 Å². The Morgan fingerprint density at radius 3 is 1.75 bits per heavy atom. The Morgan fingerprint density at radius 1 is 1.75 bits per heavy atom. The summed E-state index contributed by atoms with van der Waals surface area (Å²) in [5.41, 5.74) is 0. The van der Waals surface area contributed by atoms with E-state index in [0.717, 1.165) is 0 Å². The van der Waals surface area contributed by atoms with Crippen molar-refractivity contribution in [2.45, 2.75) is 0 Å². The molecule has 0 unspecified atom stereocenters. The van der Waals surface area contributed by atoms with Crippen LogP contribution in [-0.4, -0.2) is 20.4 Å². The molecule has 0 aromatic heterocycles. The molecule has 25 valence electrons. The zero-order valence-electron chi connectivity index (χ0n) is 1.63. The molecule has 0 rings (SSSR count). The van der Waals surface area contributed by atoms with Crippen LogP contribution in [0.1, 0.15) is 0 Å². The van der Waals surface area contributed by atoms with Gasteiger partial charge in [-0.2, -0.15) is 0 Å².